The van der Waals surface area contributed by atoms with Gasteiger partial charge in [0.25, 0.3) is 0 Å². The van der Waals surface area contributed by atoms with E-state index in [1.54, 1.807) is 0 Å². The third-order valence-corrected chi connectivity index (χ3v) is 10.7. The molecule has 0 saturated heterocycles. The molecule has 0 aliphatic carbocycles. The van der Waals surface area contributed by atoms with E-state index in [9.17, 15) is 14.4 Å². The van der Waals surface area contributed by atoms with Gasteiger partial charge in [0.1, 0.15) is 13.2 Å². The van der Waals surface area contributed by atoms with Gasteiger partial charge in [0.05, 0.1) is 0 Å². The van der Waals surface area contributed by atoms with Crippen molar-refractivity contribution in [3.05, 3.63) is 72.9 Å². The van der Waals surface area contributed by atoms with Crippen LogP contribution < -0.4 is 0 Å². The summed E-state index contributed by atoms with van der Waals surface area (Å²) in [7, 11) is 0. The maximum atomic E-state index is 12.8. The summed E-state index contributed by atoms with van der Waals surface area (Å²) in [5, 5.41) is 0. The zero-order valence-corrected chi connectivity index (χ0v) is 39.9. The number of rotatable bonds is 45. The van der Waals surface area contributed by atoms with Crippen LogP contribution in [-0.4, -0.2) is 37.2 Å². The van der Waals surface area contributed by atoms with Gasteiger partial charge in [-0.2, -0.15) is 0 Å². The molecule has 0 amide bonds. The molecule has 0 spiro atoms. The second-order valence-corrected chi connectivity index (χ2v) is 16.7. The first-order chi connectivity index (χ1) is 30.0. The summed E-state index contributed by atoms with van der Waals surface area (Å²) in [5.74, 6) is -0.952. The molecule has 0 N–H and O–H groups in total. The molecule has 0 aromatic rings. The highest BCUT2D eigenvalue weighted by Gasteiger charge is 2.19. The van der Waals surface area contributed by atoms with Gasteiger partial charge in [0.2, 0.25) is 0 Å². The van der Waals surface area contributed by atoms with E-state index in [2.05, 4.69) is 93.7 Å². The van der Waals surface area contributed by atoms with E-state index in [0.29, 0.717) is 19.3 Å². The van der Waals surface area contributed by atoms with Crippen LogP contribution in [0.15, 0.2) is 72.9 Å². The highest BCUT2D eigenvalue weighted by molar-refractivity contribution is 5.71. The third-order valence-electron chi connectivity index (χ3n) is 10.7. The average Bonchev–Trinajstić information content (AvgIpc) is 3.26. The zero-order chi connectivity index (χ0) is 44.4. The first kappa shape index (κ1) is 57.9. The van der Waals surface area contributed by atoms with E-state index >= 15 is 0 Å². The number of ether oxygens (including phenoxy) is 3. The average molecular weight is 851 g/mol. The predicted molar refractivity (Wildman–Crippen MR) is 261 cm³/mol. The van der Waals surface area contributed by atoms with Crippen molar-refractivity contribution in [2.45, 2.75) is 245 Å². The summed E-state index contributed by atoms with van der Waals surface area (Å²) in [4.78, 5) is 37.9. The highest BCUT2D eigenvalue weighted by Crippen LogP contribution is 2.15. The summed E-state index contributed by atoms with van der Waals surface area (Å²) in [6.07, 6.45) is 61.8. The number of unbranched alkanes of at least 4 members (excludes halogenated alkanes) is 22. The quantitative estimate of drug-likeness (QED) is 0.0263. The molecule has 0 radical (unpaired) electrons. The summed E-state index contributed by atoms with van der Waals surface area (Å²) < 4.78 is 16.7. The molecule has 1 atom stereocenters. The number of hydrogen-bond donors (Lipinski definition) is 0. The molecule has 6 heteroatoms. The van der Waals surface area contributed by atoms with E-state index in [1.165, 1.54) is 109 Å². The van der Waals surface area contributed by atoms with Gasteiger partial charge in [0, 0.05) is 19.3 Å². The van der Waals surface area contributed by atoms with Crippen LogP contribution in [0.3, 0.4) is 0 Å². The van der Waals surface area contributed by atoms with Crippen molar-refractivity contribution >= 4 is 17.9 Å². The third kappa shape index (κ3) is 47.7. The first-order valence-electron chi connectivity index (χ1n) is 25.4. The lowest BCUT2D eigenvalue weighted by molar-refractivity contribution is -0.167. The van der Waals surface area contributed by atoms with Crippen LogP contribution in [-0.2, 0) is 28.6 Å². The van der Waals surface area contributed by atoms with Crippen LogP contribution in [0.4, 0.5) is 0 Å². The van der Waals surface area contributed by atoms with Crippen molar-refractivity contribution in [1.29, 1.82) is 0 Å². The number of carbonyl (C=O) groups is 3. The fraction of sp³-hybridized carbons (Fsp3) is 0.727. The minimum Gasteiger partial charge on any atom is -0.462 e. The molecule has 1 unspecified atom stereocenters. The Morgan fingerprint density at radius 3 is 1.07 bits per heavy atom. The highest BCUT2D eigenvalue weighted by atomic mass is 16.6. The van der Waals surface area contributed by atoms with Crippen LogP contribution in [0, 0.1) is 0 Å². The Bertz CT molecular complexity index is 1160. The van der Waals surface area contributed by atoms with E-state index in [0.717, 1.165) is 83.5 Å². The van der Waals surface area contributed by atoms with E-state index in [4.69, 9.17) is 14.2 Å². The van der Waals surface area contributed by atoms with Crippen molar-refractivity contribution in [3.63, 3.8) is 0 Å². The second-order valence-electron chi connectivity index (χ2n) is 16.7. The molecular weight excluding hydrogens is 757 g/mol. The lowest BCUT2D eigenvalue weighted by atomic mass is 10.0. The predicted octanol–water partition coefficient (Wildman–Crippen LogP) is 16.6. The largest absolute Gasteiger partial charge is 0.462 e. The molecule has 0 aromatic carbocycles. The van der Waals surface area contributed by atoms with E-state index in [1.807, 2.05) is 0 Å². The van der Waals surface area contributed by atoms with Gasteiger partial charge >= 0.3 is 17.9 Å². The maximum Gasteiger partial charge on any atom is 0.306 e. The molecule has 350 valence electrons. The standard InChI is InChI=1S/C55H94O6/c1-4-7-10-13-16-19-22-24-25-26-27-28-29-31-33-36-39-42-45-48-54(57)60-51-52(50-59-53(56)47-44-41-38-35-32-21-18-15-12-9-6-3)61-55(58)49-46-43-40-37-34-30-23-20-17-14-11-8-5-2/h7,9-10,12,16,18-19,21,24-25,35,38,52H,4-6,8,11,13-15,17,20,22-23,26-34,36-37,39-51H2,1-3H3/b10-7-,12-9-,19-16-,21-18-,25-24-,38-35-. The Labute approximate surface area is 376 Å². The van der Waals surface area contributed by atoms with Crippen LogP contribution in [0.25, 0.3) is 0 Å². The zero-order valence-electron chi connectivity index (χ0n) is 39.9. The SMILES string of the molecule is CC/C=C\C/C=C\C/C=C\CCCCCCCCCCCC(=O)OCC(COC(=O)CCC/C=C\C/C=C\C/C=C\CC)OC(=O)CCCCCCCCCCCCCCC. The van der Waals surface area contributed by atoms with Crippen molar-refractivity contribution in [2.75, 3.05) is 13.2 Å². The number of carbonyl (C=O) groups excluding carboxylic acids is 3. The van der Waals surface area contributed by atoms with Gasteiger partial charge in [-0.1, -0.05) is 216 Å². The minimum absolute atomic E-state index is 0.0925. The second kappa shape index (κ2) is 49.5. The van der Waals surface area contributed by atoms with Crippen molar-refractivity contribution < 1.29 is 28.6 Å². The number of allylic oxidation sites excluding steroid dienone is 12. The molecular formula is C55H94O6. The molecule has 0 bridgehead atoms. The lowest BCUT2D eigenvalue weighted by Crippen LogP contribution is -2.30. The number of hydrogen-bond acceptors (Lipinski definition) is 6. The van der Waals surface area contributed by atoms with Crippen LogP contribution in [0.2, 0.25) is 0 Å². The molecule has 0 aliphatic heterocycles. The van der Waals surface area contributed by atoms with Crippen LogP contribution in [0.1, 0.15) is 239 Å². The van der Waals surface area contributed by atoms with Gasteiger partial charge in [-0.3, -0.25) is 14.4 Å². The normalized spacial score (nSPS) is 12.6. The molecule has 0 saturated carbocycles. The van der Waals surface area contributed by atoms with E-state index < -0.39 is 6.10 Å². The molecule has 6 nitrogen and oxygen atoms in total. The fourth-order valence-corrected chi connectivity index (χ4v) is 6.95. The summed E-state index contributed by atoms with van der Waals surface area (Å²) in [6.45, 7) is 6.36. The van der Waals surface area contributed by atoms with Gasteiger partial charge in [-0.05, 0) is 77.0 Å². The minimum atomic E-state index is -0.794. The Hall–Kier alpha value is -3.15. The van der Waals surface area contributed by atoms with Crippen molar-refractivity contribution in [1.82, 2.24) is 0 Å². The van der Waals surface area contributed by atoms with Crippen molar-refractivity contribution in [3.8, 4) is 0 Å². The Balaban J connectivity index is 4.37. The summed E-state index contributed by atoms with van der Waals surface area (Å²) >= 11 is 0. The van der Waals surface area contributed by atoms with Gasteiger partial charge < -0.3 is 14.2 Å². The molecule has 0 heterocycles. The van der Waals surface area contributed by atoms with Crippen LogP contribution in [0.5, 0.6) is 0 Å². The maximum absolute atomic E-state index is 12.8. The molecule has 0 aromatic heterocycles. The Morgan fingerprint density at radius 2 is 0.656 bits per heavy atom. The summed E-state index contributed by atoms with van der Waals surface area (Å²) in [6, 6.07) is 0. The smallest absolute Gasteiger partial charge is 0.306 e. The molecule has 0 fully saturated rings. The lowest BCUT2D eigenvalue weighted by Gasteiger charge is -2.18. The van der Waals surface area contributed by atoms with Crippen molar-refractivity contribution in [2.24, 2.45) is 0 Å². The first-order valence-corrected chi connectivity index (χ1v) is 25.4. The Morgan fingerprint density at radius 1 is 0.344 bits per heavy atom. The number of esters is 3. The topological polar surface area (TPSA) is 78.9 Å². The fourth-order valence-electron chi connectivity index (χ4n) is 6.95. The Kier molecular flexibility index (Phi) is 46.9. The van der Waals surface area contributed by atoms with Gasteiger partial charge in [-0.25, -0.2) is 0 Å². The molecule has 0 rings (SSSR count). The van der Waals surface area contributed by atoms with Gasteiger partial charge in [-0.15, -0.1) is 0 Å². The van der Waals surface area contributed by atoms with Crippen LogP contribution >= 0.6 is 0 Å². The monoisotopic (exact) mass is 851 g/mol. The van der Waals surface area contributed by atoms with Gasteiger partial charge in [0.15, 0.2) is 6.10 Å². The van der Waals surface area contributed by atoms with E-state index in [-0.39, 0.29) is 37.5 Å². The molecule has 61 heavy (non-hydrogen) atoms. The summed E-state index contributed by atoms with van der Waals surface area (Å²) in [5.41, 5.74) is 0. The molecule has 0 aliphatic rings.